The minimum atomic E-state index is -3.76. The van der Waals surface area contributed by atoms with Crippen molar-refractivity contribution in [2.45, 2.75) is 54.7 Å². The molecule has 2 heterocycles. The molecule has 0 N–H and O–H groups in total. The molecular weight excluding hydrogens is 657 g/mol. The van der Waals surface area contributed by atoms with Crippen LogP contribution in [0.5, 0.6) is 0 Å². The number of aromatic nitrogens is 1. The molecule has 4 nitrogen and oxygen atoms in total. The fraction of sp³-hybridized carbons (Fsp3) is 0.234. The summed E-state index contributed by atoms with van der Waals surface area (Å²) in [5.74, 6) is 2.09. The molecule has 1 aromatic heterocycles. The van der Waals surface area contributed by atoms with Gasteiger partial charge in [0.25, 0.3) is 0 Å². The van der Waals surface area contributed by atoms with Crippen molar-refractivity contribution in [1.29, 1.82) is 0 Å². The predicted octanol–water partition coefficient (Wildman–Crippen LogP) is 11.8. The lowest BCUT2D eigenvalue weighted by Gasteiger charge is -2.59. The van der Waals surface area contributed by atoms with Gasteiger partial charge >= 0.3 is 0 Å². The van der Waals surface area contributed by atoms with Gasteiger partial charge in [-0.3, -0.25) is 0 Å². The third-order valence-corrected chi connectivity index (χ3v) is 14.4. The average molecular weight is 699 g/mol. The molecule has 1 spiro atoms. The van der Waals surface area contributed by atoms with Gasteiger partial charge < -0.3 is 9.47 Å². The van der Waals surface area contributed by atoms with Gasteiger partial charge in [0.15, 0.2) is 0 Å². The molecule has 5 heteroatoms. The topological polar surface area (TPSA) is 42.3 Å². The van der Waals surface area contributed by atoms with E-state index in [0.29, 0.717) is 33.5 Å². The molecular formula is C47H42N2O2S. The molecule has 10 rings (SSSR count). The second-order valence-electron chi connectivity index (χ2n) is 15.7. The summed E-state index contributed by atoms with van der Waals surface area (Å²) in [4.78, 5) is 3.18. The smallest absolute Gasteiger partial charge is 0.207 e. The van der Waals surface area contributed by atoms with E-state index < -0.39 is 9.84 Å². The molecule has 3 aliphatic rings. The number of nitrogens with zero attached hydrogens (tertiary/aromatic N) is 2. The van der Waals surface area contributed by atoms with Crippen molar-refractivity contribution < 1.29 is 8.42 Å². The standard InChI is InChI=1S/C47H42N2O2S/c1-31-26-33-28-32(2)29-34(27-31)47(33)41-16-8-11-19-45(41)52(50,51)46-30-38(24-25-42(46)47)48(35-12-4-3-5-13-35)36-20-22-37(23-21-36)49-43-17-9-6-14-39(43)40-15-7-10-18-44(40)49/h3-25,30-34H,26-29H2,1-2H3. The lowest BCUT2D eigenvalue weighted by Crippen LogP contribution is -2.54. The summed E-state index contributed by atoms with van der Waals surface area (Å²) in [5, 5.41) is 2.46. The Morgan fingerprint density at radius 1 is 0.538 bits per heavy atom. The highest BCUT2D eigenvalue weighted by atomic mass is 32.2. The fourth-order valence-electron chi connectivity index (χ4n) is 10.8. The van der Waals surface area contributed by atoms with E-state index >= 15 is 0 Å². The van der Waals surface area contributed by atoms with Crippen LogP contribution >= 0.6 is 0 Å². The number of para-hydroxylation sites is 3. The molecule has 0 radical (unpaired) electrons. The highest BCUT2D eigenvalue weighted by molar-refractivity contribution is 7.91. The molecule has 2 aliphatic carbocycles. The summed E-state index contributed by atoms with van der Waals surface area (Å²) in [6.07, 6.45) is 4.52. The van der Waals surface area contributed by atoms with E-state index in [9.17, 15) is 8.42 Å². The van der Waals surface area contributed by atoms with Gasteiger partial charge in [0.05, 0.1) is 20.8 Å². The second kappa shape index (κ2) is 11.7. The number of benzene rings is 6. The largest absolute Gasteiger partial charge is 0.310 e. The lowest BCUT2D eigenvalue weighted by molar-refractivity contribution is 0.0231. The monoisotopic (exact) mass is 698 g/mol. The molecule has 2 bridgehead atoms. The normalized spacial score (nSPS) is 24.4. The first kappa shape index (κ1) is 31.6. The average Bonchev–Trinajstić information content (AvgIpc) is 3.50. The van der Waals surface area contributed by atoms with Gasteiger partial charge in [-0.05, 0) is 127 Å². The second-order valence-corrected chi connectivity index (χ2v) is 17.5. The SMILES string of the molecule is CC1CC2CC(C)CC(C1)C21c2ccccc2S(=O)(=O)c2cc(N(c3ccccc3)c3ccc(-n4c5ccccc5c5ccccc54)cc3)ccc21. The highest BCUT2D eigenvalue weighted by Crippen LogP contribution is 2.64. The van der Waals surface area contributed by atoms with Gasteiger partial charge in [0.1, 0.15) is 0 Å². The summed E-state index contributed by atoms with van der Waals surface area (Å²) in [5.41, 5.74) is 7.95. The van der Waals surface area contributed by atoms with Crippen LogP contribution in [0.3, 0.4) is 0 Å². The van der Waals surface area contributed by atoms with Crippen molar-refractivity contribution in [3.05, 3.63) is 157 Å². The third kappa shape index (κ3) is 4.48. The summed E-state index contributed by atoms with van der Waals surface area (Å²) < 4.78 is 31.9. The van der Waals surface area contributed by atoms with E-state index in [1.807, 2.05) is 42.5 Å². The molecule has 2 fully saturated rings. The molecule has 6 aromatic carbocycles. The zero-order chi connectivity index (χ0) is 35.2. The number of hydrogen-bond donors (Lipinski definition) is 0. The number of anilines is 3. The van der Waals surface area contributed by atoms with Crippen LogP contribution in [0.1, 0.15) is 50.7 Å². The Bertz CT molecular complexity index is 2520. The van der Waals surface area contributed by atoms with Gasteiger partial charge in [0, 0.05) is 38.9 Å². The van der Waals surface area contributed by atoms with E-state index in [1.54, 1.807) is 0 Å². The summed E-state index contributed by atoms with van der Waals surface area (Å²) in [7, 11) is -3.76. The number of fused-ring (bicyclic) bond motifs is 5. The molecule has 0 amide bonds. The Balaban J connectivity index is 1.15. The lowest BCUT2D eigenvalue weighted by atomic mass is 9.46. The Morgan fingerprint density at radius 2 is 1.04 bits per heavy atom. The van der Waals surface area contributed by atoms with Gasteiger partial charge in [-0.2, -0.15) is 0 Å². The Hall–Kier alpha value is -5.13. The zero-order valence-corrected chi connectivity index (χ0v) is 30.4. The van der Waals surface area contributed by atoms with E-state index in [1.165, 1.54) is 21.8 Å². The van der Waals surface area contributed by atoms with Gasteiger partial charge in [-0.1, -0.05) is 92.7 Å². The molecule has 258 valence electrons. The molecule has 52 heavy (non-hydrogen) atoms. The minimum absolute atomic E-state index is 0.295. The maximum absolute atomic E-state index is 14.8. The van der Waals surface area contributed by atoms with Crippen LogP contribution in [0.15, 0.2) is 155 Å². The van der Waals surface area contributed by atoms with Crippen molar-refractivity contribution in [3.63, 3.8) is 0 Å². The van der Waals surface area contributed by atoms with E-state index in [-0.39, 0.29) is 5.41 Å². The first-order chi connectivity index (χ1) is 25.4. The van der Waals surface area contributed by atoms with Crippen molar-refractivity contribution in [2.24, 2.45) is 23.7 Å². The maximum atomic E-state index is 14.8. The van der Waals surface area contributed by atoms with Gasteiger partial charge in [0.2, 0.25) is 9.84 Å². The maximum Gasteiger partial charge on any atom is 0.207 e. The summed E-state index contributed by atoms with van der Waals surface area (Å²) >= 11 is 0. The van der Waals surface area contributed by atoms with Crippen molar-refractivity contribution >= 4 is 48.7 Å². The molecule has 2 saturated carbocycles. The Kier molecular flexibility index (Phi) is 7.10. The van der Waals surface area contributed by atoms with Crippen LogP contribution in [0.2, 0.25) is 0 Å². The minimum Gasteiger partial charge on any atom is -0.310 e. The van der Waals surface area contributed by atoms with Crippen LogP contribution in [0.25, 0.3) is 27.5 Å². The van der Waals surface area contributed by atoms with E-state index in [0.717, 1.165) is 59.6 Å². The van der Waals surface area contributed by atoms with Gasteiger partial charge in [-0.15, -0.1) is 0 Å². The Labute approximate surface area is 306 Å². The van der Waals surface area contributed by atoms with Gasteiger partial charge in [-0.25, -0.2) is 8.42 Å². The third-order valence-electron chi connectivity index (χ3n) is 12.6. The molecule has 0 saturated heterocycles. The number of sulfone groups is 1. The quantitative estimate of drug-likeness (QED) is 0.184. The molecule has 0 atom stereocenters. The van der Waals surface area contributed by atoms with Crippen LogP contribution < -0.4 is 4.90 Å². The fourth-order valence-corrected chi connectivity index (χ4v) is 12.6. The zero-order valence-electron chi connectivity index (χ0n) is 29.6. The Morgan fingerprint density at radius 3 is 1.67 bits per heavy atom. The van der Waals surface area contributed by atoms with Crippen LogP contribution in [-0.2, 0) is 15.3 Å². The van der Waals surface area contributed by atoms with Crippen molar-refractivity contribution in [2.75, 3.05) is 4.90 Å². The first-order valence-corrected chi connectivity index (χ1v) is 20.3. The van der Waals surface area contributed by atoms with E-state index in [4.69, 9.17) is 0 Å². The van der Waals surface area contributed by atoms with Crippen LogP contribution in [-0.4, -0.2) is 13.0 Å². The van der Waals surface area contributed by atoms with Crippen LogP contribution in [0, 0.1) is 23.7 Å². The van der Waals surface area contributed by atoms with Crippen molar-refractivity contribution in [3.8, 4) is 5.69 Å². The highest BCUT2D eigenvalue weighted by Gasteiger charge is 2.59. The van der Waals surface area contributed by atoms with Crippen LogP contribution in [0.4, 0.5) is 17.1 Å². The first-order valence-electron chi connectivity index (χ1n) is 18.8. The predicted molar refractivity (Wildman–Crippen MR) is 212 cm³/mol. The number of rotatable bonds is 4. The molecule has 7 aromatic rings. The van der Waals surface area contributed by atoms with E-state index in [2.05, 4.69) is 126 Å². The van der Waals surface area contributed by atoms with Crippen molar-refractivity contribution in [1.82, 2.24) is 4.57 Å². The molecule has 0 unspecified atom stereocenters. The summed E-state index contributed by atoms with van der Waals surface area (Å²) in [6, 6.07) is 50.4. The number of hydrogen-bond acceptors (Lipinski definition) is 3. The molecule has 1 aliphatic heterocycles. The summed E-state index contributed by atoms with van der Waals surface area (Å²) in [6.45, 7) is 4.78.